The number of thioether (sulfide) groups is 1. The summed E-state index contributed by atoms with van der Waals surface area (Å²) in [7, 11) is 0. The van der Waals surface area contributed by atoms with Gasteiger partial charge in [-0.25, -0.2) is 0 Å². The Labute approximate surface area is 156 Å². The van der Waals surface area contributed by atoms with E-state index in [-0.39, 0.29) is 11.9 Å². The van der Waals surface area contributed by atoms with E-state index >= 15 is 0 Å². The minimum atomic E-state index is -0.278. The Balaban J connectivity index is 1.58. The highest BCUT2D eigenvalue weighted by Gasteiger charge is 2.19. The molecule has 5 heteroatoms. The zero-order valence-electron chi connectivity index (χ0n) is 13.5. The van der Waals surface area contributed by atoms with Crippen LogP contribution in [-0.2, 0) is 10.5 Å². The maximum Gasteiger partial charge on any atom is 0.230 e. The SMILES string of the molecule is O=C(CSCc1ccc(Cl)cc1)NC(c1ccccc1)c1ccco1. The van der Waals surface area contributed by atoms with Gasteiger partial charge in [-0.15, -0.1) is 11.8 Å². The van der Waals surface area contributed by atoms with Gasteiger partial charge in [-0.3, -0.25) is 4.79 Å². The van der Waals surface area contributed by atoms with Crippen molar-refractivity contribution in [3.63, 3.8) is 0 Å². The zero-order valence-corrected chi connectivity index (χ0v) is 15.1. The van der Waals surface area contributed by atoms with E-state index in [0.717, 1.165) is 27.7 Å². The third-order valence-corrected chi connectivity index (χ3v) is 4.94. The van der Waals surface area contributed by atoms with E-state index in [1.54, 1.807) is 18.0 Å². The molecule has 0 saturated carbocycles. The van der Waals surface area contributed by atoms with Gasteiger partial charge in [0.1, 0.15) is 11.8 Å². The third kappa shape index (κ3) is 5.15. The molecule has 0 bridgehead atoms. The van der Waals surface area contributed by atoms with Crippen molar-refractivity contribution >= 4 is 29.3 Å². The van der Waals surface area contributed by atoms with Crippen molar-refractivity contribution in [1.29, 1.82) is 0 Å². The lowest BCUT2D eigenvalue weighted by Crippen LogP contribution is -2.30. The Bertz CT molecular complexity index is 788. The minimum absolute atomic E-state index is 0.0239. The van der Waals surface area contributed by atoms with Gasteiger partial charge in [0.05, 0.1) is 12.0 Å². The topological polar surface area (TPSA) is 42.2 Å². The maximum atomic E-state index is 12.4. The smallest absolute Gasteiger partial charge is 0.230 e. The van der Waals surface area contributed by atoms with Crippen LogP contribution in [0.5, 0.6) is 0 Å². The van der Waals surface area contributed by atoms with Crippen LogP contribution >= 0.6 is 23.4 Å². The number of nitrogens with one attached hydrogen (secondary N) is 1. The van der Waals surface area contributed by atoms with Crippen LogP contribution in [0.4, 0.5) is 0 Å². The van der Waals surface area contributed by atoms with Gasteiger partial charge in [0, 0.05) is 10.8 Å². The molecule has 1 aromatic heterocycles. The molecule has 1 atom stereocenters. The van der Waals surface area contributed by atoms with E-state index in [0.29, 0.717) is 5.75 Å². The number of hydrogen-bond donors (Lipinski definition) is 1. The molecule has 0 radical (unpaired) electrons. The van der Waals surface area contributed by atoms with Crippen molar-refractivity contribution < 1.29 is 9.21 Å². The van der Waals surface area contributed by atoms with Crippen LogP contribution in [0.25, 0.3) is 0 Å². The molecule has 25 heavy (non-hydrogen) atoms. The first-order chi connectivity index (χ1) is 12.2. The largest absolute Gasteiger partial charge is 0.467 e. The highest BCUT2D eigenvalue weighted by atomic mass is 35.5. The Morgan fingerprint density at radius 3 is 2.48 bits per heavy atom. The quantitative estimate of drug-likeness (QED) is 0.630. The predicted molar refractivity (Wildman–Crippen MR) is 103 cm³/mol. The number of furan rings is 1. The summed E-state index contributed by atoms with van der Waals surface area (Å²) >= 11 is 7.45. The predicted octanol–water partition coefficient (Wildman–Crippen LogP) is 5.07. The lowest BCUT2D eigenvalue weighted by Gasteiger charge is -2.17. The summed E-state index contributed by atoms with van der Waals surface area (Å²) < 4.78 is 5.50. The lowest BCUT2D eigenvalue weighted by atomic mass is 10.0. The zero-order chi connectivity index (χ0) is 17.5. The Hall–Kier alpha value is -2.17. The van der Waals surface area contributed by atoms with E-state index < -0.39 is 0 Å². The summed E-state index contributed by atoms with van der Waals surface area (Å²) in [5.74, 6) is 1.85. The Kier molecular flexibility index (Phi) is 6.20. The van der Waals surface area contributed by atoms with E-state index in [1.807, 2.05) is 66.7 Å². The summed E-state index contributed by atoms with van der Waals surface area (Å²) in [6, 6.07) is 20.9. The molecule has 0 aliphatic carbocycles. The maximum absolute atomic E-state index is 12.4. The van der Waals surface area contributed by atoms with E-state index in [9.17, 15) is 4.79 Å². The van der Waals surface area contributed by atoms with Crippen molar-refractivity contribution in [2.24, 2.45) is 0 Å². The molecule has 1 heterocycles. The van der Waals surface area contributed by atoms with Gasteiger partial charge in [0.2, 0.25) is 5.91 Å². The fraction of sp³-hybridized carbons (Fsp3) is 0.150. The molecule has 1 N–H and O–H groups in total. The summed E-state index contributed by atoms with van der Waals surface area (Å²) in [4.78, 5) is 12.4. The number of halogens is 1. The van der Waals surface area contributed by atoms with Crippen molar-refractivity contribution in [3.8, 4) is 0 Å². The van der Waals surface area contributed by atoms with Crippen LogP contribution in [0.15, 0.2) is 77.4 Å². The first-order valence-corrected chi connectivity index (χ1v) is 9.45. The fourth-order valence-electron chi connectivity index (χ4n) is 2.46. The summed E-state index contributed by atoms with van der Waals surface area (Å²) in [5, 5.41) is 3.77. The van der Waals surface area contributed by atoms with Crippen LogP contribution in [0.2, 0.25) is 5.02 Å². The number of benzene rings is 2. The second-order valence-corrected chi connectivity index (χ2v) is 6.97. The molecule has 2 aromatic carbocycles. The number of amides is 1. The summed E-state index contributed by atoms with van der Waals surface area (Å²) in [5.41, 5.74) is 2.14. The number of carbonyl (C=O) groups is 1. The highest BCUT2D eigenvalue weighted by Crippen LogP contribution is 2.23. The van der Waals surface area contributed by atoms with E-state index in [4.69, 9.17) is 16.0 Å². The van der Waals surface area contributed by atoms with Gasteiger partial charge >= 0.3 is 0 Å². The molecule has 1 unspecified atom stereocenters. The van der Waals surface area contributed by atoms with Crippen LogP contribution in [0.3, 0.4) is 0 Å². The molecule has 3 aromatic rings. The van der Waals surface area contributed by atoms with Gasteiger partial charge in [-0.2, -0.15) is 0 Å². The first-order valence-electron chi connectivity index (χ1n) is 7.92. The average molecular weight is 372 g/mol. The van der Waals surface area contributed by atoms with Crippen LogP contribution in [0, 0.1) is 0 Å². The van der Waals surface area contributed by atoms with E-state index in [1.165, 1.54) is 0 Å². The first kappa shape index (κ1) is 17.6. The van der Waals surface area contributed by atoms with Crippen molar-refractivity contribution in [3.05, 3.63) is 94.9 Å². The second-order valence-electron chi connectivity index (χ2n) is 5.55. The third-order valence-electron chi connectivity index (χ3n) is 3.68. The molecule has 1 amide bonds. The standard InChI is InChI=1S/C20H18ClNO2S/c21-17-10-8-15(9-11-17)13-25-14-19(23)22-20(18-7-4-12-24-18)16-5-2-1-3-6-16/h1-12,20H,13-14H2,(H,22,23). The number of rotatable bonds is 7. The van der Waals surface area contributed by atoms with Gasteiger partial charge in [-0.1, -0.05) is 54.1 Å². The Morgan fingerprint density at radius 1 is 1.04 bits per heavy atom. The van der Waals surface area contributed by atoms with Crippen LogP contribution in [0.1, 0.15) is 22.9 Å². The van der Waals surface area contributed by atoms with Crippen LogP contribution in [-0.4, -0.2) is 11.7 Å². The molecule has 3 rings (SSSR count). The van der Waals surface area contributed by atoms with Gasteiger partial charge < -0.3 is 9.73 Å². The van der Waals surface area contributed by atoms with Gasteiger partial charge in [0.15, 0.2) is 0 Å². The van der Waals surface area contributed by atoms with Crippen molar-refractivity contribution in [2.75, 3.05) is 5.75 Å². The van der Waals surface area contributed by atoms with Crippen LogP contribution < -0.4 is 5.32 Å². The lowest BCUT2D eigenvalue weighted by molar-refractivity contribution is -0.119. The van der Waals surface area contributed by atoms with Crippen molar-refractivity contribution in [1.82, 2.24) is 5.32 Å². The van der Waals surface area contributed by atoms with E-state index in [2.05, 4.69) is 5.32 Å². The Morgan fingerprint density at radius 2 is 1.80 bits per heavy atom. The molecule has 0 saturated heterocycles. The molecule has 0 fully saturated rings. The molecule has 0 aliphatic heterocycles. The van der Waals surface area contributed by atoms with Gasteiger partial charge in [0.25, 0.3) is 0 Å². The van der Waals surface area contributed by atoms with Gasteiger partial charge in [-0.05, 0) is 35.4 Å². The molecular weight excluding hydrogens is 354 g/mol. The molecule has 0 aliphatic rings. The minimum Gasteiger partial charge on any atom is -0.467 e. The second kappa shape index (κ2) is 8.79. The monoisotopic (exact) mass is 371 g/mol. The number of carbonyl (C=O) groups excluding carboxylic acids is 1. The summed E-state index contributed by atoms with van der Waals surface area (Å²) in [6.45, 7) is 0. The normalized spacial score (nSPS) is 11.9. The van der Waals surface area contributed by atoms with Crippen molar-refractivity contribution in [2.45, 2.75) is 11.8 Å². The average Bonchev–Trinajstić information content (AvgIpc) is 3.16. The molecular formula is C20H18ClNO2S. The molecule has 0 spiro atoms. The number of hydrogen-bond acceptors (Lipinski definition) is 3. The highest BCUT2D eigenvalue weighted by molar-refractivity contribution is 7.99. The molecule has 3 nitrogen and oxygen atoms in total. The molecule has 128 valence electrons. The summed E-state index contributed by atoms with van der Waals surface area (Å²) in [6.07, 6.45) is 1.62. The fourth-order valence-corrected chi connectivity index (χ4v) is 3.39.